The van der Waals surface area contributed by atoms with Crippen molar-refractivity contribution < 1.29 is 4.42 Å². The molecule has 0 bridgehead atoms. The predicted octanol–water partition coefficient (Wildman–Crippen LogP) is 7.39. The number of hydrogen-bond donors (Lipinski definition) is 0. The summed E-state index contributed by atoms with van der Waals surface area (Å²) in [4.78, 5) is 4.84. The molecule has 33 heavy (non-hydrogen) atoms. The average Bonchev–Trinajstić information content (AvgIpc) is 3.44. The summed E-state index contributed by atoms with van der Waals surface area (Å²) in [5, 5.41) is 2.07. The molecule has 0 amide bonds. The summed E-state index contributed by atoms with van der Waals surface area (Å²) < 4.78 is 7.32. The largest absolute Gasteiger partial charge is 0.455 e. The van der Waals surface area contributed by atoms with Crippen LogP contribution < -0.4 is 10.8 Å². The Morgan fingerprint density at radius 3 is 2.52 bits per heavy atom. The Morgan fingerprint density at radius 2 is 1.61 bits per heavy atom. The number of fused-ring (bicyclic) bond motifs is 6. The summed E-state index contributed by atoms with van der Waals surface area (Å²) in [7, 11) is 0. The third-order valence-electron chi connectivity index (χ3n) is 6.57. The number of benzene rings is 4. The van der Waals surface area contributed by atoms with E-state index in [2.05, 4.69) is 107 Å². The van der Waals surface area contributed by atoms with Crippen LogP contribution >= 0.6 is 15.9 Å². The number of allylic oxidation sites excluding steroid dienone is 1. The molecule has 0 radical (unpaired) electrons. The Kier molecular flexibility index (Phi) is 4.09. The van der Waals surface area contributed by atoms with Crippen molar-refractivity contribution in [2.45, 2.75) is 5.92 Å². The molecular formula is C30H18BrNO. The molecule has 2 nitrogen and oxygen atoms in total. The van der Waals surface area contributed by atoms with Gasteiger partial charge in [-0.05, 0) is 50.8 Å². The molecule has 3 heteroatoms. The van der Waals surface area contributed by atoms with Crippen molar-refractivity contribution in [3.05, 3.63) is 117 Å². The van der Waals surface area contributed by atoms with Gasteiger partial charge in [0.2, 0.25) is 0 Å². The van der Waals surface area contributed by atoms with Crippen molar-refractivity contribution in [3.63, 3.8) is 0 Å². The summed E-state index contributed by atoms with van der Waals surface area (Å²) in [5.74, 6) is 0.165. The topological polar surface area (TPSA) is 25.5 Å². The van der Waals surface area contributed by atoms with Crippen LogP contribution in [0.25, 0.3) is 45.4 Å². The molecule has 1 aliphatic heterocycles. The molecule has 2 aliphatic rings. The molecule has 5 aromatic rings. The average molecular weight is 488 g/mol. The van der Waals surface area contributed by atoms with Crippen LogP contribution in [0.5, 0.6) is 0 Å². The van der Waals surface area contributed by atoms with Gasteiger partial charge in [-0.3, -0.25) is 0 Å². The normalized spacial score (nSPS) is 15.5. The zero-order valence-corrected chi connectivity index (χ0v) is 19.2. The second-order valence-electron chi connectivity index (χ2n) is 8.52. The lowest BCUT2D eigenvalue weighted by atomic mass is 9.91. The first kappa shape index (κ1) is 18.8. The van der Waals surface area contributed by atoms with E-state index in [1.807, 2.05) is 12.1 Å². The van der Waals surface area contributed by atoms with Crippen LogP contribution in [0.4, 0.5) is 5.69 Å². The van der Waals surface area contributed by atoms with E-state index in [0.717, 1.165) is 43.0 Å². The van der Waals surface area contributed by atoms with Crippen molar-refractivity contribution in [3.8, 4) is 22.3 Å². The standard InChI is InChI=1S/C30H18BrNO/c31-28-29-24(22-11-4-5-12-26(22)32-29)17-25-23-14-13-21(16-27(23)33-30(25)28)20-10-6-9-19(15-20)18-7-2-1-3-8-18/h1-17,21H. The first-order valence-corrected chi connectivity index (χ1v) is 11.8. The van der Waals surface area contributed by atoms with Gasteiger partial charge in [-0.2, -0.15) is 0 Å². The van der Waals surface area contributed by atoms with E-state index in [9.17, 15) is 0 Å². The molecule has 0 fully saturated rings. The quantitative estimate of drug-likeness (QED) is 0.250. The van der Waals surface area contributed by atoms with Gasteiger partial charge in [0.1, 0.15) is 5.42 Å². The third kappa shape index (κ3) is 2.89. The maximum atomic E-state index is 6.40. The van der Waals surface area contributed by atoms with Gasteiger partial charge in [0.25, 0.3) is 0 Å². The van der Waals surface area contributed by atoms with Crippen LogP contribution in [0.15, 0.2) is 105 Å². The van der Waals surface area contributed by atoms with Crippen LogP contribution in [-0.4, -0.2) is 0 Å². The van der Waals surface area contributed by atoms with Crippen LogP contribution in [0, 0.1) is 0 Å². The molecule has 1 aromatic heterocycles. The molecule has 4 aromatic carbocycles. The second kappa shape index (κ2) is 7.16. The van der Waals surface area contributed by atoms with E-state index in [1.165, 1.54) is 22.3 Å². The summed E-state index contributed by atoms with van der Waals surface area (Å²) >= 11 is 3.79. The van der Waals surface area contributed by atoms with Gasteiger partial charge in [-0.15, -0.1) is 0 Å². The maximum Gasteiger partial charge on any atom is 0.151 e. The Morgan fingerprint density at radius 1 is 0.788 bits per heavy atom. The lowest BCUT2D eigenvalue weighted by Crippen LogP contribution is -2.08. The van der Waals surface area contributed by atoms with Gasteiger partial charge in [0, 0.05) is 28.0 Å². The van der Waals surface area contributed by atoms with E-state index >= 15 is 0 Å². The van der Waals surface area contributed by atoms with Gasteiger partial charge in [-0.25, -0.2) is 4.99 Å². The zero-order valence-electron chi connectivity index (χ0n) is 17.6. The van der Waals surface area contributed by atoms with Gasteiger partial charge in [0.15, 0.2) is 5.58 Å². The van der Waals surface area contributed by atoms with Crippen LogP contribution in [-0.2, 0) is 0 Å². The fourth-order valence-electron chi connectivity index (χ4n) is 4.93. The Balaban J connectivity index is 1.36. The smallest absolute Gasteiger partial charge is 0.151 e. The predicted molar refractivity (Wildman–Crippen MR) is 138 cm³/mol. The van der Waals surface area contributed by atoms with Gasteiger partial charge in [0.05, 0.1) is 15.5 Å². The minimum atomic E-state index is 0.165. The number of nitrogens with zero attached hydrogens (tertiary/aromatic N) is 1. The fourth-order valence-corrected chi connectivity index (χ4v) is 5.53. The highest BCUT2D eigenvalue weighted by molar-refractivity contribution is 9.10. The molecule has 0 saturated carbocycles. The maximum absolute atomic E-state index is 6.40. The summed E-state index contributed by atoms with van der Waals surface area (Å²) in [5.41, 5.74) is 9.95. The summed E-state index contributed by atoms with van der Waals surface area (Å²) in [6, 6.07) is 29.8. The molecule has 1 atom stereocenters. The second-order valence-corrected chi connectivity index (χ2v) is 9.31. The first-order chi connectivity index (χ1) is 16.3. The lowest BCUT2D eigenvalue weighted by molar-refractivity contribution is 0.572. The molecular weight excluding hydrogens is 470 g/mol. The number of rotatable bonds is 2. The summed E-state index contributed by atoms with van der Waals surface area (Å²) in [6.45, 7) is 0. The fraction of sp³-hybridized carbons (Fsp3) is 0.0333. The Hall–Kier alpha value is -3.69. The highest BCUT2D eigenvalue weighted by Crippen LogP contribution is 2.38. The zero-order chi connectivity index (χ0) is 21.9. The molecule has 0 N–H and O–H groups in total. The van der Waals surface area contributed by atoms with Crippen LogP contribution in [0.1, 0.15) is 17.0 Å². The molecule has 0 spiro atoms. The highest BCUT2D eigenvalue weighted by Gasteiger charge is 2.22. The van der Waals surface area contributed by atoms with E-state index in [1.54, 1.807) is 0 Å². The molecule has 1 aliphatic carbocycles. The Bertz CT molecular complexity index is 1730. The van der Waals surface area contributed by atoms with E-state index in [-0.39, 0.29) is 5.92 Å². The van der Waals surface area contributed by atoms with E-state index in [4.69, 9.17) is 9.41 Å². The van der Waals surface area contributed by atoms with Crippen molar-refractivity contribution in [2.24, 2.45) is 4.99 Å². The molecule has 156 valence electrons. The van der Waals surface area contributed by atoms with Gasteiger partial charge < -0.3 is 4.42 Å². The number of halogens is 1. The SMILES string of the molecule is Brc1c2c(cc3c4c(oc13)=CC(c1cccc(-c3ccccc3)c1)C=C4)-c1ccccc1N=2. The van der Waals surface area contributed by atoms with E-state index in [0.29, 0.717) is 0 Å². The molecule has 0 saturated heterocycles. The minimum Gasteiger partial charge on any atom is -0.455 e. The van der Waals surface area contributed by atoms with Crippen molar-refractivity contribution in [1.29, 1.82) is 0 Å². The first-order valence-electron chi connectivity index (χ1n) is 11.0. The van der Waals surface area contributed by atoms with E-state index < -0.39 is 0 Å². The number of hydrogen-bond acceptors (Lipinski definition) is 2. The Labute approximate surface area is 199 Å². The van der Waals surface area contributed by atoms with Crippen molar-refractivity contribution in [2.75, 3.05) is 0 Å². The molecule has 7 rings (SSSR count). The highest BCUT2D eigenvalue weighted by atomic mass is 79.9. The lowest BCUT2D eigenvalue weighted by Gasteiger charge is -2.13. The van der Waals surface area contributed by atoms with Crippen molar-refractivity contribution >= 4 is 44.7 Å². The van der Waals surface area contributed by atoms with Crippen LogP contribution in [0.3, 0.4) is 0 Å². The van der Waals surface area contributed by atoms with Crippen molar-refractivity contribution in [1.82, 2.24) is 0 Å². The number of para-hydroxylation sites is 1. The number of furan rings is 1. The van der Waals surface area contributed by atoms with Gasteiger partial charge in [-0.1, -0.05) is 84.9 Å². The monoisotopic (exact) mass is 487 g/mol. The molecule has 1 unspecified atom stereocenters. The molecule has 2 heterocycles. The summed E-state index contributed by atoms with van der Waals surface area (Å²) in [6.07, 6.45) is 6.70. The third-order valence-corrected chi connectivity index (χ3v) is 7.31. The minimum absolute atomic E-state index is 0.165. The van der Waals surface area contributed by atoms with Crippen LogP contribution in [0.2, 0.25) is 0 Å². The van der Waals surface area contributed by atoms with Gasteiger partial charge >= 0.3 is 0 Å².